The summed E-state index contributed by atoms with van der Waals surface area (Å²) in [5.74, 6) is -0.129. The Hall–Kier alpha value is -2.34. The molecule has 0 saturated carbocycles. The zero-order chi connectivity index (χ0) is 19.4. The zero-order valence-electron chi connectivity index (χ0n) is 15.6. The molecule has 2 aromatic carbocycles. The summed E-state index contributed by atoms with van der Waals surface area (Å²) < 4.78 is 0.844. The molecule has 142 valence electrons. The van der Waals surface area contributed by atoms with Crippen molar-refractivity contribution in [3.05, 3.63) is 57.6 Å². The van der Waals surface area contributed by atoms with Crippen LogP contribution in [0.1, 0.15) is 34.3 Å². The van der Waals surface area contributed by atoms with Crippen LogP contribution in [0.5, 0.6) is 0 Å². The van der Waals surface area contributed by atoms with Gasteiger partial charge in [-0.1, -0.05) is 18.2 Å². The lowest BCUT2D eigenvalue weighted by atomic mass is 10.0. The van der Waals surface area contributed by atoms with Crippen LogP contribution in [-0.2, 0) is 4.79 Å². The first-order valence-corrected chi connectivity index (χ1v) is 9.94. The van der Waals surface area contributed by atoms with Gasteiger partial charge in [-0.3, -0.25) is 9.59 Å². The van der Waals surface area contributed by atoms with E-state index in [1.165, 1.54) is 0 Å². The van der Waals surface area contributed by atoms with Gasteiger partial charge in [-0.25, -0.2) is 0 Å². The van der Waals surface area contributed by atoms with E-state index in [2.05, 4.69) is 26.6 Å². The number of hydrogen-bond donors (Lipinski definition) is 2. The lowest BCUT2D eigenvalue weighted by Crippen LogP contribution is -2.30. The number of anilines is 2. The van der Waals surface area contributed by atoms with Gasteiger partial charge in [0.25, 0.3) is 5.91 Å². The van der Waals surface area contributed by atoms with E-state index >= 15 is 0 Å². The molecule has 1 aliphatic heterocycles. The molecule has 3 rings (SSSR count). The van der Waals surface area contributed by atoms with Crippen molar-refractivity contribution >= 4 is 39.1 Å². The summed E-state index contributed by atoms with van der Waals surface area (Å²) in [6, 6.07) is 11.4. The summed E-state index contributed by atoms with van der Waals surface area (Å²) in [5.41, 5.74) is 4.11. The molecule has 0 unspecified atom stereocenters. The van der Waals surface area contributed by atoms with E-state index in [0.717, 1.165) is 47.2 Å². The molecule has 5 nitrogen and oxygen atoms in total. The lowest BCUT2D eigenvalue weighted by molar-refractivity contribution is -0.114. The third kappa shape index (κ3) is 4.69. The molecule has 0 bridgehead atoms. The third-order valence-corrected chi connectivity index (χ3v) is 5.37. The number of nitrogens with zero attached hydrogens (tertiary/aromatic N) is 1. The molecule has 0 radical (unpaired) electrons. The zero-order valence-corrected chi connectivity index (χ0v) is 17.2. The fourth-order valence-electron chi connectivity index (χ4n) is 3.27. The summed E-state index contributed by atoms with van der Waals surface area (Å²) in [5, 5.41) is 6.02. The van der Waals surface area contributed by atoms with Gasteiger partial charge in [0.2, 0.25) is 5.91 Å². The Balaban J connectivity index is 1.69. The van der Waals surface area contributed by atoms with Crippen LogP contribution < -0.4 is 10.6 Å². The second-order valence-corrected chi connectivity index (χ2v) is 7.74. The molecule has 0 aromatic heterocycles. The molecule has 1 saturated heterocycles. The molecule has 6 heteroatoms. The predicted molar refractivity (Wildman–Crippen MR) is 112 cm³/mol. The van der Waals surface area contributed by atoms with E-state index in [0.29, 0.717) is 11.3 Å². The van der Waals surface area contributed by atoms with Crippen molar-refractivity contribution in [2.75, 3.05) is 30.3 Å². The molecule has 2 amide bonds. The lowest BCUT2D eigenvalue weighted by Gasteiger charge is -2.20. The van der Waals surface area contributed by atoms with E-state index in [1.54, 1.807) is 0 Å². The summed E-state index contributed by atoms with van der Waals surface area (Å²) in [7, 11) is 0. The average molecular weight is 430 g/mol. The number of halogens is 1. The van der Waals surface area contributed by atoms with Crippen LogP contribution in [0.15, 0.2) is 40.9 Å². The molecule has 1 heterocycles. The first kappa shape index (κ1) is 19.4. The second kappa shape index (κ2) is 8.57. The number of rotatable bonds is 5. The Bertz CT molecular complexity index is 861. The Kier molecular flexibility index (Phi) is 6.16. The second-order valence-electron chi connectivity index (χ2n) is 6.88. The van der Waals surface area contributed by atoms with Gasteiger partial charge >= 0.3 is 0 Å². The van der Waals surface area contributed by atoms with Crippen molar-refractivity contribution in [1.29, 1.82) is 0 Å². The van der Waals surface area contributed by atoms with Gasteiger partial charge in [0.1, 0.15) is 0 Å². The number of nitrogens with one attached hydrogen (secondary N) is 2. The highest BCUT2D eigenvalue weighted by Crippen LogP contribution is 2.25. The minimum atomic E-state index is -0.166. The number of carbonyl (C=O) groups excluding carboxylic acids is 2. The van der Waals surface area contributed by atoms with Gasteiger partial charge in [0.15, 0.2) is 0 Å². The highest BCUT2D eigenvalue weighted by molar-refractivity contribution is 9.10. The number of amides is 2. The van der Waals surface area contributed by atoms with Crippen LogP contribution in [0, 0.1) is 13.8 Å². The smallest absolute Gasteiger partial charge is 0.256 e. The van der Waals surface area contributed by atoms with Crippen molar-refractivity contribution in [2.24, 2.45) is 0 Å². The summed E-state index contributed by atoms with van der Waals surface area (Å²) in [6.45, 7) is 5.61. The number of carbonyl (C=O) groups is 2. The average Bonchev–Trinajstić information content (AvgIpc) is 3.16. The molecule has 2 aromatic rings. The van der Waals surface area contributed by atoms with Crippen LogP contribution in [0.3, 0.4) is 0 Å². The van der Waals surface area contributed by atoms with Crippen LogP contribution in [0.2, 0.25) is 0 Å². The topological polar surface area (TPSA) is 61.4 Å². The highest BCUT2D eigenvalue weighted by atomic mass is 79.9. The van der Waals surface area contributed by atoms with Crippen LogP contribution in [0.4, 0.5) is 11.4 Å². The van der Waals surface area contributed by atoms with E-state index in [-0.39, 0.29) is 18.4 Å². The van der Waals surface area contributed by atoms with E-state index in [4.69, 9.17) is 0 Å². The quantitative estimate of drug-likeness (QED) is 0.742. The third-order valence-electron chi connectivity index (χ3n) is 4.72. The molecule has 0 atom stereocenters. The summed E-state index contributed by atoms with van der Waals surface area (Å²) >= 11 is 3.46. The molecule has 0 aliphatic carbocycles. The SMILES string of the molecule is Cc1ccc(NC(=O)CNc2cccc(C)c2C(=O)N2CCCC2)c(Br)c1. The minimum Gasteiger partial charge on any atom is -0.375 e. The number of hydrogen-bond acceptors (Lipinski definition) is 3. The van der Waals surface area contributed by atoms with Crippen molar-refractivity contribution in [3.8, 4) is 0 Å². The standard InChI is InChI=1S/C21H24BrN3O2/c1-14-8-9-17(16(22)12-14)24-19(26)13-23-18-7-5-6-15(2)20(18)21(27)25-10-3-4-11-25/h5-9,12,23H,3-4,10-11,13H2,1-2H3,(H,24,26). The van der Waals surface area contributed by atoms with Gasteiger partial charge in [0, 0.05) is 23.2 Å². The van der Waals surface area contributed by atoms with Crippen molar-refractivity contribution in [3.63, 3.8) is 0 Å². The molecule has 1 fully saturated rings. The fraction of sp³-hybridized carbons (Fsp3) is 0.333. The van der Waals surface area contributed by atoms with Gasteiger partial charge in [-0.05, 0) is 71.9 Å². The van der Waals surface area contributed by atoms with Crippen LogP contribution in [0.25, 0.3) is 0 Å². The van der Waals surface area contributed by atoms with Gasteiger partial charge in [0.05, 0.1) is 17.8 Å². The fourth-order valence-corrected chi connectivity index (χ4v) is 3.86. The van der Waals surface area contributed by atoms with Crippen LogP contribution >= 0.6 is 15.9 Å². The Morgan fingerprint density at radius 3 is 2.52 bits per heavy atom. The van der Waals surface area contributed by atoms with E-state index in [9.17, 15) is 9.59 Å². The van der Waals surface area contributed by atoms with E-state index < -0.39 is 0 Å². The summed E-state index contributed by atoms with van der Waals surface area (Å²) in [6.07, 6.45) is 2.10. The van der Waals surface area contributed by atoms with Crippen molar-refractivity contribution in [2.45, 2.75) is 26.7 Å². The maximum atomic E-state index is 12.9. The van der Waals surface area contributed by atoms with Crippen LogP contribution in [-0.4, -0.2) is 36.3 Å². The van der Waals surface area contributed by atoms with Gasteiger partial charge in [-0.2, -0.15) is 0 Å². The molecule has 0 spiro atoms. The molecule has 27 heavy (non-hydrogen) atoms. The Morgan fingerprint density at radius 2 is 1.81 bits per heavy atom. The van der Waals surface area contributed by atoms with Crippen molar-refractivity contribution < 1.29 is 9.59 Å². The first-order chi connectivity index (χ1) is 13.0. The summed E-state index contributed by atoms with van der Waals surface area (Å²) in [4.78, 5) is 27.1. The monoisotopic (exact) mass is 429 g/mol. The molecule has 2 N–H and O–H groups in total. The molecular weight excluding hydrogens is 406 g/mol. The Morgan fingerprint density at radius 1 is 1.07 bits per heavy atom. The Labute approximate surface area is 168 Å². The maximum absolute atomic E-state index is 12.9. The molecular formula is C21H24BrN3O2. The number of aryl methyl sites for hydroxylation is 2. The number of likely N-dealkylation sites (tertiary alicyclic amines) is 1. The van der Waals surface area contributed by atoms with Gasteiger partial charge in [-0.15, -0.1) is 0 Å². The minimum absolute atomic E-state index is 0.0368. The first-order valence-electron chi connectivity index (χ1n) is 9.14. The predicted octanol–water partition coefficient (Wildman–Crippen LogP) is 4.35. The number of benzene rings is 2. The molecule has 1 aliphatic rings. The largest absolute Gasteiger partial charge is 0.375 e. The normalized spacial score (nSPS) is 13.5. The van der Waals surface area contributed by atoms with Gasteiger partial charge < -0.3 is 15.5 Å². The highest BCUT2D eigenvalue weighted by Gasteiger charge is 2.23. The maximum Gasteiger partial charge on any atom is 0.256 e. The van der Waals surface area contributed by atoms with E-state index in [1.807, 2.05) is 55.1 Å². The van der Waals surface area contributed by atoms with Crippen molar-refractivity contribution in [1.82, 2.24) is 4.90 Å².